The van der Waals surface area contributed by atoms with Gasteiger partial charge in [-0.1, -0.05) is 80.6 Å². The Morgan fingerprint density at radius 3 is 2.38 bits per heavy atom. The molecule has 0 heterocycles. The molecule has 2 aromatic rings. The van der Waals surface area contributed by atoms with Crippen LogP contribution < -0.4 is 5.32 Å². The highest BCUT2D eigenvalue weighted by Gasteiger charge is 2.59. The SMILES string of the molecule is C[C@]12CC[C@H]3[C@@H](CC=C4C=C(C(=O)O)CC[C@@]43C)[C@@H]1CC[C@@H]2C(=O)NC(Cc1ccccc1)c1ccccc1. The van der Waals surface area contributed by atoms with Gasteiger partial charge in [-0.25, -0.2) is 4.79 Å². The molecule has 2 saturated carbocycles. The van der Waals surface area contributed by atoms with E-state index in [4.69, 9.17) is 0 Å². The highest BCUT2D eigenvalue weighted by molar-refractivity contribution is 5.87. The quantitative estimate of drug-likeness (QED) is 0.418. The van der Waals surface area contributed by atoms with Crippen LogP contribution in [0.2, 0.25) is 0 Å². The van der Waals surface area contributed by atoms with Crippen LogP contribution in [-0.4, -0.2) is 17.0 Å². The number of nitrogens with one attached hydrogen (secondary N) is 1. The molecule has 4 heteroatoms. The van der Waals surface area contributed by atoms with Gasteiger partial charge in [-0.15, -0.1) is 0 Å². The molecule has 7 atom stereocenters. The molecular weight excluding hydrogens is 482 g/mol. The van der Waals surface area contributed by atoms with Crippen LogP contribution in [0.3, 0.4) is 0 Å². The van der Waals surface area contributed by atoms with Crippen molar-refractivity contribution in [2.75, 3.05) is 0 Å². The Morgan fingerprint density at radius 2 is 1.67 bits per heavy atom. The highest BCUT2D eigenvalue weighted by atomic mass is 16.4. The first-order valence-corrected chi connectivity index (χ1v) is 14.8. The molecule has 0 saturated heterocycles. The molecule has 2 aromatic carbocycles. The van der Waals surface area contributed by atoms with Crippen LogP contribution in [0, 0.1) is 34.5 Å². The van der Waals surface area contributed by atoms with Crippen molar-refractivity contribution in [2.45, 2.75) is 71.3 Å². The van der Waals surface area contributed by atoms with E-state index in [0.717, 1.165) is 50.5 Å². The fourth-order valence-electron chi connectivity index (χ4n) is 8.98. The summed E-state index contributed by atoms with van der Waals surface area (Å²) in [6.07, 6.45) is 11.9. The summed E-state index contributed by atoms with van der Waals surface area (Å²) in [6, 6.07) is 20.8. The zero-order valence-corrected chi connectivity index (χ0v) is 23.2. The number of allylic oxidation sites excluding steroid dienone is 3. The average Bonchev–Trinajstić information content (AvgIpc) is 3.30. The number of carbonyl (C=O) groups excluding carboxylic acids is 1. The van der Waals surface area contributed by atoms with E-state index in [2.05, 4.69) is 73.8 Å². The second kappa shape index (κ2) is 10.1. The average molecular weight is 524 g/mol. The third kappa shape index (κ3) is 4.56. The minimum atomic E-state index is -0.776. The monoisotopic (exact) mass is 523 g/mol. The Balaban J connectivity index is 1.22. The van der Waals surface area contributed by atoms with E-state index in [1.54, 1.807) is 0 Å². The predicted molar refractivity (Wildman–Crippen MR) is 154 cm³/mol. The van der Waals surface area contributed by atoms with Crippen LogP contribution in [0.25, 0.3) is 0 Å². The van der Waals surface area contributed by atoms with Gasteiger partial charge in [0.15, 0.2) is 0 Å². The van der Waals surface area contributed by atoms with Gasteiger partial charge in [0.1, 0.15) is 0 Å². The molecule has 4 nitrogen and oxygen atoms in total. The Labute approximate surface area is 232 Å². The second-order valence-corrected chi connectivity index (χ2v) is 13.0. The highest BCUT2D eigenvalue weighted by Crippen LogP contribution is 2.66. The van der Waals surface area contributed by atoms with Gasteiger partial charge in [0.2, 0.25) is 5.91 Å². The molecule has 4 aliphatic rings. The van der Waals surface area contributed by atoms with E-state index in [1.807, 2.05) is 18.2 Å². The number of benzene rings is 2. The number of carboxylic acids is 1. The van der Waals surface area contributed by atoms with E-state index in [1.165, 1.54) is 11.1 Å². The van der Waals surface area contributed by atoms with Crippen LogP contribution in [0.15, 0.2) is 84.0 Å². The minimum Gasteiger partial charge on any atom is -0.478 e. The minimum absolute atomic E-state index is 0.0116. The lowest BCUT2D eigenvalue weighted by Gasteiger charge is -2.57. The Bertz CT molecular complexity index is 1300. The van der Waals surface area contributed by atoms with Crippen LogP contribution in [0.5, 0.6) is 0 Å². The summed E-state index contributed by atoms with van der Waals surface area (Å²) in [5.41, 5.74) is 4.25. The van der Waals surface area contributed by atoms with Crippen molar-refractivity contribution in [1.29, 1.82) is 0 Å². The van der Waals surface area contributed by atoms with Gasteiger partial charge in [-0.2, -0.15) is 0 Å². The summed E-state index contributed by atoms with van der Waals surface area (Å²) in [5, 5.41) is 13.1. The molecule has 0 bridgehead atoms. The molecule has 204 valence electrons. The largest absolute Gasteiger partial charge is 0.478 e. The zero-order valence-electron chi connectivity index (χ0n) is 23.2. The first-order chi connectivity index (χ1) is 18.8. The molecule has 6 rings (SSSR count). The topological polar surface area (TPSA) is 66.4 Å². The van der Waals surface area contributed by atoms with Crippen LogP contribution in [0.4, 0.5) is 0 Å². The summed E-state index contributed by atoms with van der Waals surface area (Å²) in [5.74, 6) is 1.16. The van der Waals surface area contributed by atoms with Gasteiger partial charge >= 0.3 is 5.97 Å². The van der Waals surface area contributed by atoms with Gasteiger partial charge < -0.3 is 10.4 Å². The number of carboxylic acid groups (broad SMARTS) is 1. The van der Waals surface area contributed by atoms with E-state index >= 15 is 0 Å². The third-order valence-corrected chi connectivity index (χ3v) is 11.2. The van der Waals surface area contributed by atoms with Gasteiger partial charge in [-0.05, 0) is 103 Å². The lowest BCUT2D eigenvalue weighted by molar-refractivity contribution is -0.133. The molecule has 1 amide bonds. The van der Waals surface area contributed by atoms with Crippen molar-refractivity contribution in [2.24, 2.45) is 34.5 Å². The maximum Gasteiger partial charge on any atom is 0.331 e. The van der Waals surface area contributed by atoms with Crippen molar-refractivity contribution < 1.29 is 14.7 Å². The van der Waals surface area contributed by atoms with Gasteiger partial charge in [0.25, 0.3) is 0 Å². The number of hydrogen-bond donors (Lipinski definition) is 2. The molecule has 0 spiro atoms. The zero-order chi connectivity index (χ0) is 27.2. The van der Waals surface area contributed by atoms with Crippen molar-refractivity contribution in [3.8, 4) is 0 Å². The maximum absolute atomic E-state index is 14.0. The molecular formula is C35H41NO3. The number of fused-ring (bicyclic) bond motifs is 5. The summed E-state index contributed by atoms with van der Waals surface area (Å²) >= 11 is 0. The van der Waals surface area contributed by atoms with E-state index in [0.29, 0.717) is 29.7 Å². The molecule has 39 heavy (non-hydrogen) atoms. The summed E-state index contributed by atoms with van der Waals surface area (Å²) < 4.78 is 0. The second-order valence-electron chi connectivity index (χ2n) is 13.0. The van der Waals surface area contributed by atoms with E-state index < -0.39 is 5.97 Å². The van der Waals surface area contributed by atoms with Gasteiger partial charge in [0.05, 0.1) is 6.04 Å². The molecule has 2 fully saturated rings. The molecule has 0 aromatic heterocycles. The molecule has 0 radical (unpaired) electrons. The van der Waals surface area contributed by atoms with Crippen molar-refractivity contribution in [1.82, 2.24) is 5.32 Å². The Kier molecular flexibility index (Phi) is 6.77. The van der Waals surface area contributed by atoms with Crippen LogP contribution in [0.1, 0.15) is 76.0 Å². The smallest absolute Gasteiger partial charge is 0.331 e. The number of rotatable bonds is 6. The molecule has 2 N–H and O–H groups in total. The van der Waals surface area contributed by atoms with Crippen LogP contribution >= 0.6 is 0 Å². The Hall–Kier alpha value is -3.14. The number of carbonyl (C=O) groups is 2. The maximum atomic E-state index is 14.0. The van der Waals surface area contributed by atoms with Gasteiger partial charge in [0, 0.05) is 11.5 Å². The van der Waals surface area contributed by atoms with Crippen LogP contribution in [-0.2, 0) is 16.0 Å². The van der Waals surface area contributed by atoms with E-state index in [-0.39, 0.29) is 28.7 Å². The summed E-state index contributed by atoms with van der Waals surface area (Å²) in [6.45, 7) is 4.77. The summed E-state index contributed by atoms with van der Waals surface area (Å²) in [7, 11) is 0. The lowest BCUT2D eigenvalue weighted by atomic mass is 9.48. The fraction of sp³-hybridized carbons (Fsp3) is 0.486. The summed E-state index contributed by atoms with van der Waals surface area (Å²) in [4.78, 5) is 25.7. The first-order valence-electron chi connectivity index (χ1n) is 14.8. The number of hydrogen-bond acceptors (Lipinski definition) is 2. The normalized spacial score (nSPS) is 34.0. The van der Waals surface area contributed by atoms with Crippen molar-refractivity contribution in [3.63, 3.8) is 0 Å². The van der Waals surface area contributed by atoms with Crippen molar-refractivity contribution >= 4 is 11.9 Å². The van der Waals surface area contributed by atoms with Crippen molar-refractivity contribution in [3.05, 3.63) is 95.1 Å². The lowest BCUT2D eigenvalue weighted by Crippen LogP contribution is -2.51. The van der Waals surface area contributed by atoms with Gasteiger partial charge in [-0.3, -0.25) is 4.79 Å². The Morgan fingerprint density at radius 1 is 0.949 bits per heavy atom. The molecule has 1 unspecified atom stereocenters. The molecule has 4 aliphatic carbocycles. The third-order valence-electron chi connectivity index (χ3n) is 11.2. The standard InChI is InChI=1S/C35H41NO3/c1-34-19-17-25(33(38)39)22-26(34)13-14-27-28-15-16-30(35(28,2)20-18-29(27)34)32(37)36-31(24-11-7-4-8-12-24)21-23-9-5-3-6-10-23/h3-13,22,27-31H,14-21H2,1-2H3,(H,36,37)(H,38,39)/t27-,28-,29-,30+,31?,34-,35-/m0/s1. The number of amides is 1. The predicted octanol–water partition coefficient (Wildman–Crippen LogP) is 7.29. The molecule has 0 aliphatic heterocycles. The first kappa shape index (κ1) is 26.1. The fourth-order valence-corrected chi connectivity index (χ4v) is 8.98. The number of aliphatic carboxylic acids is 1. The van der Waals surface area contributed by atoms with E-state index in [9.17, 15) is 14.7 Å².